The second kappa shape index (κ2) is 25.9. The fraction of sp³-hybridized carbons (Fsp3) is 0.397. The summed E-state index contributed by atoms with van der Waals surface area (Å²) in [6.07, 6.45) is -5.13. The molecule has 0 bridgehead atoms. The molecule has 4 amide bonds. The smallest absolute Gasteiger partial charge is 0.413 e. The van der Waals surface area contributed by atoms with Gasteiger partial charge in [-0.3, -0.25) is 34.1 Å². The number of benzene rings is 4. The summed E-state index contributed by atoms with van der Waals surface area (Å²) in [5.74, 6) is -0.107. The van der Waals surface area contributed by atoms with Gasteiger partial charge in [0.2, 0.25) is 23.9 Å². The molecule has 3 saturated carbocycles. The number of allylic oxidation sites excluding steroid dienone is 4. The fourth-order valence-corrected chi connectivity index (χ4v) is 15.6. The lowest BCUT2D eigenvalue weighted by atomic mass is 9.46. The van der Waals surface area contributed by atoms with Crippen molar-refractivity contribution < 1.29 is 92.7 Å². The summed E-state index contributed by atoms with van der Waals surface area (Å²) in [5, 5.41) is 71.3. The van der Waals surface area contributed by atoms with Crippen molar-refractivity contribution in [3.8, 4) is 17.6 Å². The molecule has 5 fully saturated rings. The molecule has 4 aromatic carbocycles. The molecular weight excluding hydrogens is 1220 g/mol. The van der Waals surface area contributed by atoms with Gasteiger partial charge in [0, 0.05) is 63.9 Å². The molecule has 2 saturated heterocycles. The summed E-state index contributed by atoms with van der Waals surface area (Å²) in [6, 6.07) is 25.6. The zero-order chi connectivity index (χ0) is 65.7. The van der Waals surface area contributed by atoms with Crippen LogP contribution in [0.1, 0.15) is 96.9 Å². The number of amides is 4. The third-order valence-electron chi connectivity index (χ3n) is 19.3. The third-order valence-corrected chi connectivity index (χ3v) is 20.2. The highest BCUT2D eigenvalue weighted by atomic mass is 32.1. The molecule has 5 aromatic rings. The molecule has 4 heterocycles. The van der Waals surface area contributed by atoms with Gasteiger partial charge in [-0.1, -0.05) is 98.0 Å². The van der Waals surface area contributed by atoms with Crippen LogP contribution in [0.5, 0.6) is 5.75 Å². The number of anilines is 3. The summed E-state index contributed by atoms with van der Waals surface area (Å²) < 4.78 is 30.0. The lowest BCUT2D eigenvalue weighted by Crippen LogP contribution is -2.63. The number of ether oxygens (including phenoxy) is 5. The first kappa shape index (κ1) is 64.3. The van der Waals surface area contributed by atoms with E-state index in [0.29, 0.717) is 41.6 Å². The van der Waals surface area contributed by atoms with Crippen molar-refractivity contribution in [3.05, 3.63) is 159 Å². The van der Waals surface area contributed by atoms with Gasteiger partial charge >= 0.3 is 12.1 Å². The SMILES string of the molecule is C[C@]12C=CC(=O)C=C1CC[C@@H]1[C@@H]2[C@@H](O)C[C@@]2(C)[C@H]1C[C@H]1O[C@@H](c3ccc(Cc4cnc(NC(=O)OCc5ccc(O[C@@H]6O[C@H](C(=O)O)[C@@H](O)[C@H](O)[C@H]6O)c(NC(=O)CCNC(=O)C(=O)CC(=O)N6Cc7ccccc7C#Cc7ccccc76)c5)s4)cc3)O[C@]12C(=O)CO. The Labute approximate surface area is 536 Å². The van der Waals surface area contributed by atoms with E-state index in [9.17, 15) is 69.0 Å². The zero-order valence-electron chi connectivity index (χ0n) is 50.4. The minimum Gasteiger partial charge on any atom is -0.479 e. The number of aromatic nitrogens is 1. The monoisotopic (exact) mass is 1290 g/mol. The summed E-state index contributed by atoms with van der Waals surface area (Å²) >= 11 is 1.18. The van der Waals surface area contributed by atoms with Crippen LogP contribution in [0.3, 0.4) is 0 Å². The molecule has 14 atom stereocenters. The molecule has 93 heavy (non-hydrogen) atoms. The number of fused-ring (bicyclic) bond motifs is 9. The number of carbonyl (C=O) groups is 8. The predicted molar refractivity (Wildman–Crippen MR) is 329 cm³/mol. The van der Waals surface area contributed by atoms with E-state index < -0.39 is 133 Å². The van der Waals surface area contributed by atoms with E-state index >= 15 is 0 Å². The van der Waals surface area contributed by atoms with Crippen LogP contribution in [-0.4, -0.2) is 144 Å². The van der Waals surface area contributed by atoms with Crippen LogP contribution in [0.15, 0.2) is 121 Å². The van der Waals surface area contributed by atoms with E-state index in [1.54, 1.807) is 48.7 Å². The van der Waals surface area contributed by atoms with Gasteiger partial charge in [-0.2, -0.15) is 0 Å². The van der Waals surface area contributed by atoms with Crippen molar-refractivity contribution in [2.45, 2.75) is 127 Å². The van der Waals surface area contributed by atoms with Crippen LogP contribution in [0.4, 0.5) is 21.3 Å². The molecule has 24 nitrogen and oxygen atoms in total. The van der Waals surface area contributed by atoms with Crippen molar-refractivity contribution >= 4 is 75.0 Å². The first-order valence-corrected chi connectivity index (χ1v) is 31.3. The Bertz CT molecular complexity index is 3970. The molecule has 1 aromatic heterocycles. The standard InChI is InChI=1S/C68H67N5O19S/c1-66-23-21-42(75)27-41(66)18-19-44-45-28-52-68(51(78)33-74,67(45,2)30-49(77)55(44)66)92-62(90-52)39-14-11-35(12-15-39)25-43-31-70-64(93-43)72-65(87)88-34-36-13-20-50(89-63-58(83)56(81)57(82)59(91-63)61(85)86)46(26-36)71-53(79)22-24-69-60(84)48(76)29-54(80)73-32-40-9-4-3-7-37(40)16-17-38-8-5-6-10-47(38)73/h3-15,20-21,23,26-27,31,44-45,49,52,55-59,62-63,74,77,81-83H,18-19,22,24-25,28-30,32-34H2,1-2H3,(H,69,84)(H,71,79)(H,85,86)(H,70,72,87)/t44-,45-,49-,52+,55+,56-,57-,58+,59-,62+,63+,66-,67-,68+/m0/s1. The molecular formula is C68H67N5O19S. The van der Waals surface area contributed by atoms with Crippen molar-refractivity contribution in [1.82, 2.24) is 10.3 Å². The average Bonchev–Trinajstić information content (AvgIpc) is 1.55. The third kappa shape index (κ3) is 12.3. The number of Topliss-reactive ketones (excluding diaryl/α,β-unsaturated/α-hetero) is 2. The number of hydrogen-bond donors (Lipinski definition) is 9. The van der Waals surface area contributed by atoms with Crippen LogP contribution in [0.2, 0.25) is 0 Å². The molecule has 484 valence electrons. The van der Waals surface area contributed by atoms with Gasteiger partial charge in [0.05, 0.1) is 36.5 Å². The Morgan fingerprint density at radius 1 is 0.871 bits per heavy atom. The number of aliphatic hydroxyl groups excluding tert-OH is 5. The van der Waals surface area contributed by atoms with Crippen molar-refractivity contribution in [3.63, 3.8) is 0 Å². The van der Waals surface area contributed by atoms with E-state index in [0.717, 1.165) is 28.0 Å². The zero-order valence-corrected chi connectivity index (χ0v) is 51.2. The van der Waals surface area contributed by atoms with Gasteiger partial charge < -0.3 is 69.9 Å². The molecule has 7 aliphatic rings. The second-order valence-electron chi connectivity index (χ2n) is 24.8. The first-order chi connectivity index (χ1) is 44.6. The first-order valence-electron chi connectivity index (χ1n) is 30.5. The van der Waals surface area contributed by atoms with Crippen LogP contribution < -0.4 is 25.6 Å². The van der Waals surface area contributed by atoms with Gasteiger partial charge in [-0.25, -0.2) is 14.6 Å². The number of nitrogens with zero attached hydrogens (tertiary/aromatic N) is 2. The van der Waals surface area contributed by atoms with E-state index in [1.807, 2.05) is 55.5 Å². The van der Waals surface area contributed by atoms with Crippen molar-refractivity contribution in [1.29, 1.82) is 0 Å². The number of aliphatic carboxylic acids is 1. The number of aliphatic hydroxyl groups is 5. The molecule has 3 aliphatic heterocycles. The molecule has 0 spiro atoms. The predicted octanol–water partition coefficient (Wildman–Crippen LogP) is 4.71. The Balaban J connectivity index is 0.655. The molecule has 12 rings (SSSR count). The van der Waals surface area contributed by atoms with Crippen LogP contribution in [0, 0.1) is 40.4 Å². The largest absolute Gasteiger partial charge is 0.479 e. The van der Waals surface area contributed by atoms with Crippen molar-refractivity contribution in [2.24, 2.45) is 28.6 Å². The molecule has 4 aliphatic carbocycles. The molecule has 9 N–H and O–H groups in total. The van der Waals surface area contributed by atoms with Crippen molar-refractivity contribution in [2.75, 3.05) is 28.7 Å². The number of rotatable bonds is 18. The quantitative estimate of drug-likeness (QED) is 0.0326. The maximum atomic E-state index is 14.1. The number of carbonyl (C=O) groups excluding carboxylic acids is 7. The van der Waals surface area contributed by atoms with E-state index in [-0.39, 0.29) is 65.2 Å². The second-order valence-corrected chi connectivity index (χ2v) is 25.9. The lowest BCUT2D eigenvalue weighted by molar-refractivity contribution is -0.271. The van der Waals surface area contributed by atoms with Crippen LogP contribution in [-0.2, 0) is 72.1 Å². The highest BCUT2D eigenvalue weighted by Crippen LogP contribution is 2.70. The Morgan fingerprint density at radius 2 is 1.61 bits per heavy atom. The Kier molecular flexibility index (Phi) is 17.9. The highest BCUT2D eigenvalue weighted by molar-refractivity contribution is 7.15. The number of hydrogen-bond acceptors (Lipinski definition) is 20. The number of carboxylic acids is 1. The normalized spacial score (nSPS) is 29.5. The van der Waals surface area contributed by atoms with Crippen LogP contribution >= 0.6 is 11.3 Å². The van der Waals surface area contributed by atoms with Gasteiger partial charge in [0.25, 0.3) is 5.91 Å². The number of carboxylic acid groups (broad SMARTS) is 1. The number of para-hydroxylation sites is 1. The summed E-state index contributed by atoms with van der Waals surface area (Å²) in [5.41, 5.74) is 2.24. The molecule has 0 radical (unpaired) electrons. The number of nitrogens with one attached hydrogen (secondary N) is 3. The topological polar surface area (TPSA) is 356 Å². The highest BCUT2D eigenvalue weighted by Gasteiger charge is 2.76. The van der Waals surface area contributed by atoms with Crippen LogP contribution in [0.25, 0.3) is 0 Å². The average molecular weight is 1290 g/mol. The Morgan fingerprint density at radius 3 is 2.39 bits per heavy atom. The number of thiazole rings is 1. The van der Waals surface area contributed by atoms with Gasteiger partial charge in [0.15, 0.2) is 34.7 Å². The van der Waals surface area contributed by atoms with E-state index in [2.05, 4.69) is 39.7 Å². The minimum absolute atomic E-state index is 0.0132. The molecule has 25 heteroatoms. The van der Waals surface area contributed by atoms with E-state index in [1.165, 1.54) is 34.4 Å². The van der Waals surface area contributed by atoms with Gasteiger partial charge in [-0.15, -0.1) is 11.3 Å². The number of ketones is 3. The maximum Gasteiger partial charge on any atom is 0.413 e. The fourth-order valence-electron chi connectivity index (χ4n) is 14.8. The summed E-state index contributed by atoms with van der Waals surface area (Å²) in [6.45, 7) is 2.61. The molecule has 0 unspecified atom stereocenters. The van der Waals surface area contributed by atoms with Gasteiger partial charge in [0.1, 0.15) is 37.3 Å². The summed E-state index contributed by atoms with van der Waals surface area (Å²) in [4.78, 5) is 111. The van der Waals surface area contributed by atoms with E-state index in [4.69, 9.17) is 23.7 Å². The lowest BCUT2D eigenvalue weighted by Gasteiger charge is -2.59. The Hall–Kier alpha value is -8.81. The van der Waals surface area contributed by atoms with Gasteiger partial charge in [-0.05, 0) is 96.7 Å². The summed E-state index contributed by atoms with van der Waals surface area (Å²) in [7, 11) is 0. The maximum absolute atomic E-state index is 14.1. The minimum atomic E-state index is -2.03.